The van der Waals surface area contributed by atoms with Gasteiger partial charge in [0.1, 0.15) is 18.5 Å². The molecular weight excluding hydrogens is 791 g/mol. The number of phosphoric acid groups is 1. The summed E-state index contributed by atoms with van der Waals surface area (Å²) < 4.78 is 32.6. The molecule has 1 aliphatic rings. The van der Waals surface area contributed by atoms with Crippen LogP contribution in [0.3, 0.4) is 0 Å². The van der Waals surface area contributed by atoms with E-state index in [4.69, 9.17) is 19.1 Å². The summed E-state index contributed by atoms with van der Waals surface area (Å²) in [6.45, 7) is 1.85. The van der Waals surface area contributed by atoms with Crippen molar-refractivity contribution in [3.05, 3.63) is 72.9 Å². The number of esters is 2. The van der Waals surface area contributed by atoms with Crippen LogP contribution in [-0.2, 0) is 37.5 Å². The molecule has 0 aliphatic heterocycles. The first-order valence-electron chi connectivity index (χ1n) is 22.0. The Morgan fingerprint density at radius 2 is 1.30 bits per heavy atom. The van der Waals surface area contributed by atoms with E-state index in [1.807, 2.05) is 24.3 Å². The SMILES string of the molecule is CCCCC/C=C\C/C=C\C/C=C\C/C=C\CCCC(=O)OC[C@H](COP(=O)(O)OC[C@@H](O)CO)OC(=O)CCC/C=C\C[C@H]1C(=O)C[C@@H](O)[C@@H]1/C=C/[C@@H](O)CCCCC. The third kappa shape index (κ3) is 29.3. The number of hydrogen-bond donors (Lipinski definition) is 5. The summed E-state index contributed by atoms with van der Waals surface area (Å²) in [4.78, 5) is 47.7. The number of rotatable bonds is 36. The van der Waals surface area contributed by atoms with Crippen LogP contribution in [0.25, 0.3) is 0 Å². The number of aliphatic hydroxyl groups is 4. The van der Waals surface area contributed by atoms with E-state index in [2.05, 4.69) is 54.8 Å². The molecule has 0 heterocycles. The maximum absolute atomic E-state index is 12.7. The quantitative estimate of drug-likeness (QED) is 0.0174. The lowest BCUT2D eigenvalue weighted by atomic mass is 9.90. The molecule has 5 N–H and O–H groups in total. The first-order chi connectivity index (χ1) is 28.9. The van der Waals surface area contributed by atoms with Crippen molar-refractivity contribution in [3.8, 4) is 0 Å². The first-order valence-corrected chi connectivity index (χ1v) is 23.5. The number of Topliss-reactive ketones (excluding diaryl/α,β-unsaturated/α-hetero) is 1. The number of phosphoric ester groups is 1. The van der Waals surface area contributed by atoms with Gasteiger partial charge in [0.2, 0.25) is 0 Å². The Hall–Kier alpha value is -3.00. The molecule has 1 aliphatic carbocycles. The number of allylic oxidation sites excluding steroid dienone is 10. The monoisotopic (exact) mass is 866 g/mol. The molecule has 1 rings (SSSR count). The van der Waals surface area contributed by atoms with Crippen LogP contribution in [0.2, 0.25) is 0 Å². The standard InChI is InChI=1S/C46H75O13P/c1-3-5-7-8-9-10-11-12-13-14-15-16-17-18-19-20-25-29-45(52)56-36-40(37-58-60(54,55)57-35-39(49)34-47)59-46(53)30-26-22-21-24-28-41-42(44(51)33-43(41)50)32-31-38(48)27-23-6-4-2/h9-10,12-13,15-16,18-19,21,24,31-32,38-42,44,47-49,51H,3-8,11,14,17,20,22-23,25-30,33-37H2,1-2H3,(H,54,55)/b10-9-,13-12-,16-15-,19-18-,24-21-,32-31+/t38-,39-,40+,41+,42+,44+/m0/s1. The molecule has 1 fully saturated rings. The Kier molecular flexibility index (Phi) is 32.6. The van der Waals surface area contributed by atoms with Crippen LogP contribution in [0.4, 0.5) is 0 Å². The second-order valence-corrected chi connectivity index (χ2v) is 16.6. The predicted molar refractivity (Wildman–Crippen MR) is 234 cm³/mol. The van der Waals surface area contributed by atoms with Crippen molar-refractivity contribution in [1.29, 1.82) is 0 Å². The second-order valence-electron chi connectivity index (χ2n) is 15.1. The third-order valence-electron chi connectivity index (χ3n) is 9.70. The van der Waals surface area contributed by atoms with Gasteiger partial charge in [-0.15, -0.1) is 0 Å². The summed E-state index contributed by atoms with van der Waals surface area (Å²) in [5.41, 5.74) is 0. The van der Waals surface area contributed by atoms with Crippen molar-refractivity contribution in [2.24, 2.45) is 11.8 Å². The Balaban J connectivity index is 2.53. The minimum absolute atomic E-state index is 0.0256. The zero-order valence-electron chi connectivity index (χ0n) is 36.1. The molecular formula is C46H75O13P. The highest BCUT2D eigenvalue weighted by Gasteiger charge is 2.39. The fraction of sp³-hybridized carbons (Fsp3) is 0.674. The van der Waals surface area contributed by atoms with Crippen molar-refractivity contribution in [3.63, 3.8) is 0 Å². The lowest BCUT2D eigenvalue weighted by molar-refractivity contribution is -0.161. The van der Waals surface area contributed by atoms with Crippen LogP contribution in [0.15, 0.2) is 72.9 Å². The number of aliphatic hydroxyl groups excluding tert-OH is 4. The van der Waals surface area contributed by atoms with E-state index in [0.717, 1.165) is 44.9 Å². The fourth-order valence-electron chi connectivity index (χ4n) is 6.20. The third-order valence-corrected chi connectivity index (χ3v) is 10.7. The van der Waals surface area contributed by atoms with Crippen molar-refractivity contribution in [1.82, 2.24) is 0 Å². The van der Waals surface area contributed by atoms with E-state index in [1.54, 1.807) is 12.2 Å². The van der Waals surface area contributed by atoms with Crippen molar-refractivity contribution in [2.45, 2.75) is 160 Å². The summed E-state index contributed by atoms with van der Waals surface area (Å²) in [5.74, 6) is -2.01. The highest BCUT2D eigenvalue weighted by atomic mass is 31.2. The van der Waals surface area contributed by atoms with Gasteiger partial charge in [0.05, 0.1) is 32.0 Å². The van der Waals surface area contributed by atoms with Gasteiger partial charge in [-0.05, 0) is 70.6 Å². The molecule has 0 amide bonds. The minimum Gasteiger partial charge on any atom is -0.462 e. The highest BCUT2D eigenvalue weighted by molar-refractivity contribution is 7.47. The average Bonchev–Trinajstić information content (AvgIpc) is 3.49. The van der Waals surface area contributed by atoms with Crippen LogP contribution in [0, 0.1) is 11.8 Å². The number of unbranched alkanes of at least 4 members (excludes halogenated alkanes) is 7. The molecule has 13 nitrogen and oxygen atoms in total. The molecule has 342 valence electrons. The number of carbonyl (C=O) groups is 3. The molecule has 0 aromatic carbocycles. The molecule has 1 saturated carbocycles. The first kappa shape index (κ1) is 55.0. The number of ether oxygens (including phenoxy) is 2. The van der Waals surface area contributed by atoms with Crippen LogP contribution in [0.1, 0.15) is 136 Å². The fourth-order valence-corrected chi connectivity index (χ4v) is 6.99. The maximum Gasteiger partial charge on any atom is 0.472 e. The van der Waals surface area contributed by atoms with Crippen molar-refractivity contribution >= 4 is 25.5 Å². The molecule has 7 atom stereocenters. The molecule has 0 bridgehead atoms. The maximum atomic E-state index is 12.7. The van der Waals surface area contributed by atoms with Crippen molar-refractivity contribution < 1.29 is 62.8 Å². The highest BCUT2D eigenvalue weighted by Crippen LogP contribution is 2.43. The summed E-state index contributed by atoms with van der Waals surface area (Å²) in [7, 11) is -4.71. The Morgan fingerprint density at radius 3 is 1.92 bits per heavy atom. The van der Waals surface area contributed by atoms with Crippen LogP contribution in [-0.4, -0.2) is 93.9 Å². The normalized spacial score (nSPS) is 20.1. The van der Waals surface area contributed by atoms with Crippen LogP contribution >= 0.6 is 7.82 Å². The summed E-state index contributed by atoms with van der Waals surface area (Å²) in [6, 6.07) is 0. The van der Waals surface area contributed by atoms with Gasteiger partial charge in [0.25, 0.3) is 0 Å². The van der Waals surface area contributed by atoms with Gasteiger partial charge >= 0.3 is 19.8 Å². The Bertz CT molecular complexity index is 1390. The van der Waals surface area contributed by atoms with E-state index in [1.165, 1.54) is 19.3 Å². The molecule has 0 aromatic heterocycles. The molecule has 1 unspecified atom stereocenters. The van der Waals surface area contributed by atoms with E-state index >= 15 is 0 Å². The predicted octanol–water partition coefficient (Wildman–Crippen LogP) is 8.25. The largest absolute Gasteiger partial charge is 0.472 e. The van der Waals surface area contributed by atoms with E-state index in [0.29, 0.717) is 38.5 Å². The Labute approximate surface area is 358 Å². The van der Waals surface area contributed by atoms with Gasteiger partial charge in [-0.1, -0.05) is 119 Å². The molecule has 60 heavy (non-hydrogen) atoms. The van der Waals surface area contributed by atoms with Crippen LogP contribution in [0.5, 0.6) is 0 Å². The molecule has 0 spiro atoms. The summed E-state index contributed by atoms with van der Waals surface area (Å²) in [5, 5.41) is 39.1. The van der Waals surface area contributed by atoms with E-state index in [-0.39, 0.29) is 31.0 Å². The lowest BCUT2D eigenvalue weighted by Gasteiger charge is -2.20. The van der Waals surface area contributed by atoms with Gasteiger partial charge in [0, 0.05) is 31.1 Å². The molecule has 14 heteroatoms. The minimum atomic E-state index is -4.71. The van der Waals surface area contributed by atoms with Gasteiger partial charge in [0.15, 0.2) is 6.10 Å². The van der Waals surface area contributed by atoms with Gasteiger partial charge in [-0.2, -0.15) is 0 Å². The van der Waals surface area contributed by atoms with Gasteiger partial charge < -0.3 is 34.8 Å². The van der Waals surface area contributed by atoms with Crippen molar-refractivity contribution in [2.75, 3.05) is 26.4 Å². The Morgan fingerprint density at radius 1 is 0.750 bits per heavy atom. The summed E-state index contributed by atoms with van der Waals surface area (Å²) >= 11 is 0. The molecule has 0 radical (unpaired) electrons. The molecule has 0 saturated heterocycles. The second kappa shape index (κ2) is 35.6. The van der Waals surface area contributed by atoms with E-state index in [9.17, 15) is 39.2 Å². The lowest BCUT2D eigenvalue weighted by Crippen LogP contribution is -2.29. The van der Waals surface area contributed by atoms with Gasteiger partial charge in [-0.25, -0.2) is 4.57 Å². The number of carbonyl (C=O) groups excluding carboxylic acids is 3. The number of hydrogen-bond acceptors (Lipinski definition) is 12. The smallest absolute Gasteiger partial charge is 0.462 e. The molecule has 0 aromatic rings. The van der Waals surface area contributed by atoms with E-state index < -0.39 is 76.5 Å². The number of ketones is 1. The zero-order chi connectivity index (χ0) is 44.3. The average molecular weight is 867 g/mol. The van der Waals surface area contributed by atoms with Crippen LogP contribution < -0.4 is 0 Å². The topological polar surface area (TPSA) is 206 Å². The zero-order valence-corrected chi connectivity index (χ0v) is 37.0. The summed E-state index contributed by atoms with van der Waals surface area (Å²) in [6.07, 6.45) is 33.8. The van der Waals surface area contributed by atoms with Gasteiger partial charge in [-0.3, -0.25) is 23.4 Å².